The second kappa shape index (κ2) is 6.09. The first kappa shape index (κ1) is 12.5. The Labute approximate surface area is 97.3 Å². The SMILES string of the molecule is CN(C)CCSCc1csc(C(=O)O)n1. The van der Waals surface area contributed by atoms with E-state index in [4.69, 9.17) is 5.11 Å². The molecule has 1 aromatic rings. The van der Waals surface area contributed by atoms with Crippen molar-refractivity contribution >= 4 is 29.1 Å². The molecule has 6 heteroatoms. The van der Waals surface area contributed by atoms with Crippen LogP contribution in [0.5, 0.6) is 0 Å². The van der Waals surface area contributed by atoms with Crippen LogP contribution in [0.25, 0.3) is 0 Å². The molecule has 0 saturated carbocycles. The van der Waals surface area contributed by atoms with Crippen molar-refractivity contribution in [3.63, 3.8) is 0 Å². The summed E-state index contributed by atoms with van der Waals surface area (Å²) in [5.41, 5.74) is 0.862. The van der Waals surface area contributed by atoms with Gasteiger partial charge in [-0.05, 0) is 14.1 Å². The topological polar surface area (TPSA) is 53.4 Å². The van der Waals surface area contributed by atoms with E-state index in [0.29, 0.717) is 0 Å². The molecule has 15 heavy (non-hydrogen) atoms. The van der Waals surface area contributed by atoms with Crippen molar-refractivity contribution < 1.29 is 9.90 Å². The van der Waals surface area contributed by atoms with Crippen LogP contribution in [0.1, 0.15) is 15.5 Å². The smallest absolute Gasteiger partial charge is 0.365 e. The Morgan fingerprint density at radius 2 is 2.40 bits per heavy atom. The summed E-state index contributed by atoms with van der Waals surface area (Å²) in [6.07, 6.45) is 0. The number of thiazole rings is 1. The molecule has 0 spiro atoms. The number of hydrogen-bond acceptors (Lipinski definition) is 5. The van der Waals surface area contributed by atoms with Crippen molar-refractivity contribution in [3.8, 4) is 0 Å². The zero-order chi connectivity index (χ0) is 11.3. The lowest BCUT2D eigenvalue weighted by Crippen LogP contribution is -2.14. The molecule has 0 radical (unpaired) electrons. The summed E-state index contributed by atoms with van der Waals surface area (Å²) in [4.78, 5) is 16.7. The predicted octanol–water partition coefficient (Wildman–Crippen LogP) is 1.64. The molecule has 0 aliphatic rings. The van der Waals surface area contributed by atoms with Gasteiger partial charge in [0.05, 0.1) is 5.69 Å². The molecule has 0 aliphatic carbocycles. The second-order valence-corrected chi connectivity index (χ2v) is 5.27. The zero-order valence-electron chi connectivity index (χ0n) is 8.77. The molecule has 1 N–H and O–H groups in total. The summed E-state index contributed by atoms with van der Waals surface area (Å²) in [5.74, 6) is 0.884. The highest BCUT2D eigenvalue weighted by Gasteiger charge is 2.08. The van der Waals surface area contributed by atoms with Gasteiger partial charge in [0.1, 0.15) is 0 Å². The van der Waals surface area contributed by atoms with E-state index < -0.39 is 5.97 Å². The number of nitrogens with zero attached hydrogens (tertiary/aromatic N) is 2. The van der Waals surface area contributed by atoms with Crippen LogP contribution in [0.2, 0.25) is 0 Å². The second-order valence-electron chi connectivity index (χ2n) is 3.31. The number of thioether (sulfide) groups is 1. The maximum absolute atomic E-state index is 10.6. The Kier molecular flexibility index (Phi) is 5.07. The molecule has 1 aromatic heterocycles. The van der Waals surface area contributed by atoms with Crippen molar-refractivity contribution in [2.75, 3.05) is 26.4 Å². The number of carbonyl (C=O) groups is 1. The Balaban J connectivity index is 2.29. The number of carboxylic acid groups (broad SMARTS) is 1. The van der Waals surface area contributed by atoms with E-state index in [1.165, 1.54) is 11.3 Å². The molecule has 0 atom stereocenters. The van der Waals surface area contributed by atoms with E-state index in [2.05, 4.69) is 9.88 Å². The lowest BCUT2D eigenvalue weighted by Gasteiger charge is -2.07. The van der Waals surface area contributed by atoms with Crippen molar-refractivity contribution in [1.82, 2.24) is 9.88 Å². The number of aromatic nitrogens is 1. The van der Waals surface area contributed by atoms with Crippen molar-refractivity contribution in [2.45, 2.75) is 5.75 Å². The average molecular weight is 246 g/mol. The molecular formula is C9H14N2O2S2. The molecule has 0 aliphatic heterocycles. The van der Waals surface area contributed by atoms with E-state index in [0.717, 1.165) is 23.7 Å². The molecule has 0 amide bonds. The Bertz CT molecular complexity index is 326. The fourth-order valence-electron chi connectivity index (χ4n) is 0.895. The highest BCUT2D eigenvalue weighted by molar-refractivity contribution is 7.98. The molecule has 1 heterocycles. The Morgan fingerprint density at radius 3 is 2.93 bits per heavy atom. The largest absolute Gasteiger partial charge is 0.476 e. The molecule has 84 valence electrons. The fraction of sp³-hybridized carbons (Fsp3) is 0.556. The first-order valence-corrected chi connectivity index (χ1v) is 6.53. The van der Waals surface area contributed by atoms with Gasteiger partial charge in [0.2, 0.25) is 5.01 Å². The lowest BCUT2D eigenvalue weighted by molar-refractivity contribution is 0.0696. The minimum Gasteiger partial charge on any atom is -0.476 e. The predicted molar refractivity (Wildman–Crippen MR) is 63.8 cm³/mol. The van der Waals surface area contributed by atoms with Crippen molar-refractivity contribution in [1.29, 1.82) is 0 Å². The number of hydrogen-bond donors (Lipinski definition) is 1. The van der Waals surface area contributed by atoms with Gasteiger partial charge in [-0.15, -0.1) is 11.3 Å². The molecule has 0 saturated heterocycles. The highest BCUT2D eigenvalue weighted by Crippen LogP contribution is 2.15. The highest BCUT2D eigenvalue weighted by atomic mass is 32.2. The summed E-state index contributed by atoms with van der Waals surface area (Å²) in [6.45, 7) is 1.03. The van der Waals surface area contributed by atoms with E-state index in [1.54, 1.807) is 11.8 Å². The van der Waals surface area contributed by atoms with Gasteiger partial charge in [-0.25, -0.2) is 9.78 Å². The fourth-order valence-corrected chi connectivity index (χ4v) is 2.65. The Morgan fingerprint density at radius 1 is 1.67 bits per heavy atom. The monoisotopic (exact) mass is 246 g/mol. The van der Waals surface area contributed by atoms with Gasteiger partial charge in [0, 0.05) is 23.4 Å². The molecule has 0 unspecified atom stereocenters. The number of rotatable bonds is 6. The van der Waals surface area contributed by atoms with Crippen molar-refractivity contribution in [3.05, 3.63) is 16.1 Å². The van der Waals surface area contributed by atoms with Gasteiger partial charge in [0.25, 0.3) is 0 Å². The summed E-state index contributed by atoms with van der Waals surface area (Å²) in [5, 5.41) is 10.7. The van der Waals surface area contributed by atoms with E-state index >= 15 is 0 Å². The van der Waals surface area contributed by atoms with Gasteiger partial charge in [-0.3, -0.25) is 0 Å². The van der Waals surface area contributed by atoms with Gasteiger partial charge in [-0.2, -0.15) is 11.8 Å². The third kappa shape index (κ3) is 4.63. The van der Waals surface area contributed by atoms with Crippen LogP contribution in [0.15, 0.2) is 5.38 Å². The number of carboxylic acids is 1. The summed E-state index contributed by atoms with van der Waals surface area (Å²) >= 11 is 2.96. The maximum atomic E-state index is 10.6. The van der Waals surface area contributed by atoms with Gasteiger partial charge in [-0.1, -0.05) is 0 Å². The zero-order valence-corrected chi connectivity index (χ0v) is 10.4. The van der Waals surface area contributed by atoms with Crippen LogP contribution >= 0.6 is 23.1 Å². The van der Waals surface area contributed by atoms with E-state index in [1.807, 2.05) is 19.5 Å². The Hall–Kier alpha value is -0.590. The summed E-state index contributed by atoms with van der Waals surface area (Å²) < 4.78 is 0. The van der Waals surface area contributed by atoms with Gasteiger partial charge in [0.15, 0.2) is 0 Å². The molecular weight excluding hydrogens is 232 g/mol. The van der Waals surface area contributed by atoms with Crippen LogP contribution in [0.4, 0.5) is 0 Å². The van der Waals surface area contributed by atoms with Gasteiger partial charge < -0.3 is 10.0 Å². The van der Waals surface area contributed by atoms with E-state index in [9.17, 15) is 4.79 Å². The minimum atomic E-state index is -0.940. The lowest BCUT2D eigenvalue weighted by atomic mass is 10.6. The number of aromatic carboxylic acids is 1. The van der Waals surface area contributed by atoms with Crippen LogP contribution in [0, 0.1) is 0 Å². The summed E-state index contributed by atoms with van der Waals surface area (Å²) in [7, 11) is 4.07. The van der Waals surface area contributed by atoms with Crippen molar-refractivity contribution in [2.24, 2.45) is 0 Å². The standard InChI is InChI=1S/C9H14N2O2S2/c1-11(2)3-4-14-5-7-6-15-8(10-7)9(12)13/h6H,3-5H2,1-2H3,(H,12,13). The quantitative estimate of drug-likeness (QED) is 0.773. The summed E-state index contributed by atoms with van der Waals surface area (Å²) in [6, 6.07) is 0. The van der Waals surface area contributed by atoms with Crippen LogP contribution in [-0.2, 0) is 5.75 Å². The first-order chi connectivity index (χ1) is 7.09. The normalized spacial score (nSPS) is 10.9. The first-order valence-electron chi connectivity index (χ1n) is 4.50. The van der Waals surface area contributed by atoms with Crippen LogP contribution < -0.4 is 0 Å². The third-order valence-corrected chi connectivity index (χ3v) is 3.52. The molecule has 0 bridgehead atoms. The molecule has 4 nitrogen and oxygen atoms in total. The van der Waals surface area contributed by atoms with Crippen LogP contribution in [0.3, 0.4) is 0 Å². The van der Waals surface area contributed by atoms with E-state index in [-0.39, 0.29) is 5.01 Å². The molecule has 1 rings (SSSR count). The molecule has 0 aromatic carbocycles. The maximum Gasteiger partial charge on any atom is 0.365 e. The third-order valence-electron chi connectivity index (χ3n) is 1.67. The molecule has 0 fully saturated rings. The van der Waals surface area contributed by atoms with Crippen LogP contribution in [-0.4, -0.2) is 47.4 Å². The minimum absolute atomic E-state index is 0.179. The average Bonchev–Trinajstić information content (AvgIpc) is 2.60. The van der Waals surface area contributed by atoms with Gasteiger partial charge >= 0.3 is 5.97 Å².